The van der Waals surface area contributed by atoms with Gasteiger partial charge in [-0.05, 0) is 19.9 Å². The highest BCUT2D eigenvalue weighted by Gasteiger charge is 2.17. The number of fused-ring (bicyclic) bond motifs is 1. The summed E-state index contributed by atoms with van der Waals surface area (Å²) < 4.78 is 6.60. The Bertz CT molecular complexity index is 903. The van der Waals surface area contributed by atoms with Crippen molar-refractivity contribution in [3.8, 4) is 11.3 Å². The maximum Gasteiger partial charge on any atom is 0.325 e. The molecule has 1 N–H and O–H groups in total. The van der Waals surface area contributed by atoms with Crippen molar-refractivity contribution in [2.45, 2.75) is 20.0 Å². The van der Waals surface area contributed by atoms with Crippen molar-refractivity contribution in [1.82, 2.24) is 19.9 Å². The van der Waals surface area contributed by atoms with E-state index in [9.17, 15) is 9.59 Å². The van der Waals surface area contributed by atoms with Gasteiger partial charge in [0, 0.05) is 11.8 Å². The predicted molar refractivity (Wildman–Crippen MR) is 92.0 cm³/mol. The summed E-state index contributed by atoms with van der Waals surface area (Å²) in [5, 5.41) is 6.80. The fourth-order valence-corrected chi connectivity index (χ4v) is 2.43. The van der Waals surface area contributed by atoms with E-state index in [0.29, 0.717) is 11.2 Å². The van der Waals surface area contributed by atoms with E-state index in [-0.39, 0.29) is 12.6 Å². The standard InChI is InChI=1S/C18H18N4O3/c1-12(2)25-16(23)11-20-18(24)14-10-21-22-15(8-9-19-17(14)22)13-6-4-3-5-7-13/h3-10,12H,11H2,1-2H3,(H,20,24). The number of benzene rings is 1. The normalized spacial score (nSPS) is 10.8. The molecule has 7 nitrogen and oxygen atoms in total. The van der Waals surface area contributed by atoms with E-state index in [1.165, 1.54) is 6.20 Å². The first-order valence-corrected chi connectivity index (χ1v) is 7.92. The number of ether oxygens (including phenoxy) is 1. The first-order chi connectivity index (χ1) is 12.1. The zero-order valence-electron chi connectivity index (χ0n) is 14.0. The van der Waals surface area contributed by atoms with Gasteiger partial charge in [-0.2, -0.15) is 5.10 Å². The summed E-state index contributed by atoms with van der Waals surface area (Å²) in [6, 6.07) is 11.5. The number of esters is 1. The summed E-state index contributed by atoms with van der Waals surface area (Å²) in [5.41, 5.74) is 2.51. The van der Waals surface area contributed by atoms with Gasteiger partial charge in [0.05, 0.1) is 18.0 Å². The largest absolute Gasteiger partial charge is 0.462 e. The van der Waals surface area contributed by atoms with Crippen LogP contribution in [-0.2, 0) is 9.53 Å². The molecule has 25 heavy (non-hydrogen) atoms. The molecule has 3 rings (SSSR count). The van der Waals surface area contributed by atoms with Crippen LogP contribution in [0.2, 0.25) is 0 Å². The van der Waals surface area contributed by atoms with Crippen LogP contribution < -0.4 is 5.32 Å². The molecular weight excluding hydrogens is 320 g/mol. The zero-order chi connectivity index (χ0) is 17.8. The van der Waals surface area contributed by atoms with Gasteiger partial charge in [-0.25, -0.2) is 9.50 Å². The predicted octanol–water partition coefficient (Wildman–Crippen LogP) is 2.08. The highest BCUT2D eigenvalue weighted by molar-refractivity contribution is 6.01. The van der Waals surface area contributed by atoms with E-state index < -0.39 is 11.9 Å². The SMILES string of the molecule is CC(C)OC(=O)CNC(=O)c1cnn2c(-c3ccccc3)ccnc12. The number of hydrogen-bond acceptors (Lipinski definition) is 5. The Morgan fingerprint density at radius 1 is 1.20 bits per heavy atom. The third-order valence-electron chi connectivity index (χ3n) is 3.48. The van der Waals surface area contributed by atoms with E-state index in [2.05, 4.69) is 15.4 Å². The van der Waals surface area contributed by atoms with Gasteiger partial charge < -0.3 is 10.1 Å². The quantitative estimate of drug-likeness (QED) is 0.720. The molecule has 0 fully saturated rings. The molecule has 0 atom stereocenters. The fourth-order valence-electron chi connectivity index (χ4n) is 2.43. The van der Waals surface area contributed by atoms with Crippen molar-refractivity contribution in [3.05, 3.63) is 54.4 Å². The smallest absolute Gasteiger partial charge is 0.325 e. The Labute approximate surface area is 144 Å². The van der Waals surface area contributed by atoms with Gasteiger partial charge in [0.2, 0.25) is 0 Å². The Hall–Kier alpha value is -3.22. The third-order valence-corrected chi connectivity index (χ3v) is 3.48. The van der Waals surface area contributed by atoms with Crippen LogP contribution >= 0.6 is 0 Å². The lowest BCUT2D eigenvalue weighted by Gasteiger charge is -2.08. The molecular formula is C18H18N4O3. The summed E-state index contributed by atoms with van der Waals surface area (Å²) in [4.78, 5) is 28.1. The van der Waals surface area contributed by atoms with Crippen LogP contribution in [0.4, 0.5) is 0 Å². The molecule has 0 saturated carbocycles. The molecule has 7 heteroatoms. The summed E-state index contributed by atoms with van der Waals surface area (Å²) in [6.45, 7) is 3.30. The Kier molecular flexibility index (Phi) is 4.74. The van der Waals surface area contributed by atoms with Crippen molar-refractivity contribution < 1.29 is 14.3 Å². The summed E-state index contributed by atoms with van der Waals surface area (Å²) in [5.74, 6) is -0.911. The lowest BCUT2D eigenvalue weighted by molar-refractivity contribution is -0.146. The number of aromatic nitrogens is 3. The van der Waals surface area contributed by atoms with Gasteiger partial charge in [0.1, 0.15) is 12.1 Å². The average Bonchev–Trinajstić information content (AvgIpc) is 3.04. The van der Waals surface area contributed by atoms with E-state index in [1.807, 2.05) is 36.4 Å². The van der Waals surface area contributed by atoms with E-state index in [1.54, 1.807) is 24.6 Å². The third kappa shape index (κ3) is 3.65. The molecule has 2 aromatic heterocycles. The van der Waals surface area contributed by atoms with Crippen LogP contribution in [0.1, 0.15) is 24.2 Å². The molecule has 0 aliphatic carbocycles. The Balaban J connectivity index is 1.84. The summed E-state index contributed by atoms with van der Waals surface area (Å²) in [6.07, 6.45) is 2.84. The molecule has 1 amide bonds. The number of nitrogens with one attached hydrogen (secondary N) is 1. The first kappa shape index (κ1) is 16.6. The Morgan fingerprint density at radius 3 is 2.68 bits per heavy atom. The molecule has 0 spiro atoms. The molecule has 3 aromatic rings. The molecule has 2 heterocycles. The van der Waals surface area contributed by atoms with E-state index in [4.69, 9.17) is 4.74 Å². The molecule has 0 aliphatic rings. The zero-order valence-corrected chi connectivity index (χ0v) is 14.0. The van der Waals surface area contributed by atoms with Crippen molar-refractivity contribution in [3.63, 3.8) is 0 Å². The monoisotopic (exact) mass is 338 g/mol. The topological polar surface area (TPSA) is 85.6 Å². The highest BCUT2D eigenvalue weighted by atomic mass is 16.5. The second kappa shape index (κ2) is 7.12. The second-order valence-corrected chi connectivity index (χ2v) is 5.71. The fraction of sp³-hybridized carbons (Fsp3) is 0.222. The average molecular weight is 338 g/mol. The first-order valence-electron chi connectivity index (χ1n) is 7.92. The molecule has 0 aliphatic heterocycles. The van der Waals surface area contributed by atoms with E-state index in [0.717, 1.165) is 11.3 Å². The lowest BCUT2D eigenvalue weighted by atomic mass is 10.1. The van der Waals surface area contributed by atoms with Crippen LogP contribution in [-0.4, -0.2) is 39.1 Å². The van der Waals surface area contributed by atoms with Crippen LogP contribution in [0.15, 0.2) is 48.8 Å². The summed E-state index contributed by atoms with van der Waals surface area (Å²) >= 11 is 0. The molecule has 0 bridgehead atoms. The van der Waals surface area contributed by atoms with Crippen molar-refractivity contribution in [2.24, 2.45) is 0 Å². The van der Waals surface area contributed by atoms with Gasteiger partial charge in [-0.15, -0.1) is 0 Å². The van der Waals surface area contributed by atoms with Crippen LogP contribution in [0, 0.1) is 0 Å². The van der Waals surface area contributed by atoms with Gasteiger partial charge in [0.15, 0.2) is 5.65 Å². The van der Waals surface area contributed by atoms with Crippen LogP contribution in [0.3, 0.4) is 0 Å². The van der Waals surface area contributed by atoms with Crippen molar-refractivity contribution in [2.75, 3.05) is 6.54 Å². The number of carbonyl (C=O) groups excluding carboxylic acids is 2. The highest BCUT2D eigenvalue weighted by Crippen LogP contribution is 2.20. The van der Waals surface area contributed by atoms with E-state index >= 15 is 0 Å². The van der Waals surface area contributed by atoms with Crippen molar-refractivity contribution in [1.29, 1.82) is 0 Å². The number of nitrogens with zero attached hydrogens (tertiary/aromatic N) is 3. The molecule has 0 unspecified atom stereocenters. The number of hydrogen-bond donors (Lipinski definition) is 1. The maximum absolute atomic E-state index is 12.3. The molecule has 128 valence electrons. The van der Waals surface area contributed by atoms with Crippen LogP contribution in [0.25, 0.3) is 16.9 Å². The van der Waals surface area contributed by atoms with Gasteiger partial charge in [0.25, 0.3) is 5.91 Å². The molecule has 1 aromatic carbocycles. The van der Waals surface area contributed by atoms with Crippen molar-refractivity contribution >= 4 is 17.5 Å². The maximum atomic E-state index is 12.3. The minimum absolute atomic E-state index is 0.202. The second-order valence-electron chi connectivity index (χ2n) is 5.71. The van der Waals surface area contributed by atoms with Gasteiger partial charge >= 0.3 is 5.97 Å². The summed E-state index contributed by atoms with van der Waals surface area (Å²) in [7, 11) is 0. The number of rotatable bonds is 5. The lowest BCUT2D eigenvalue weighted by Crippen LogP contribution is -2.31. The number of carbonyl (C=O) groups is 2. The van der Waals surface area contributed by atoms with Gasteiger partial charge in [-0.1, -0.05) is 30.3 Å². The van der Waals surface area contributed by atoms with Crippen LogP contribution in [0.5, 0.6) is 0 Å². The minimum Gasteiger partial charge on any atom is -0.462 e. The van der Waals surface area contributed by atoms with Gasteiger partial charge in [-0.3, -0.25) is 9.59 Å². The molecule has 0 radical (unpaired) electrons. The Morgan fingerprint density at radius 2 is 1.96 bits per heavy atom. The molecule has 0 saturated heterocycles. The minimum atomic E-state index is -0.488. The number of amides is 1.